The summed E-state index contributed by atoms with van der Waals surface area (Å²) in [6, 6.07) is 18.2. The standard InChI is InChI=1S/C21H19N/c1-14-11-12-19(22-13-14)16-8-6-10-18-20(16)15-7-4-5-9-17(15)21(18,2)3/h4-13H,1-3H3/i1D3. The van der Waals surface area contributed by atoms with E-state index in [2.05, 4.69) is 61.3 Å². The molecular formula is C21H19N. The van der Waals surface area contributed by atoms with Gasteiger partial charge in [-0.05, 0) is 40.7 Å². The largest absolute Gasteiger partial charge is 0.256 e. The Hall–Kier alpha value is -2.41. The average molecular weight is 288 g/mol. The smallest absolute Gasteiger partial charge is 0.0708 e. The van der Waals surface area contributed by atoms with Crippen LogP contribution in [0.5, 0.6) is 0 Å². The van der Waals surface area contributed by atoms with Crippen LogP contribution in [0.2, 0.25) is 0 Å². The first kappa shape index (κ1) is 10.3. The van der Waals surface area contributed by atoms with Gasteiger partial charge in [-0.2, -0.15) is 0 Å². The summed E-state index contributed by atoms with van der Waals surface area (Å²) in [5.74, 6) is 0. The highest BCUT2D eigenvalue weighted by Gasteiger charge is 2.36. The topological polar surface area (TPSA) is 12.9 Å². The number of nitrogens with zero attached hydrogens (tertiary/aromatic N) is 1. The fraction of sp³-hybridized carbons (Fsp3) is 0.190. The molecule has 0 saturated heterocycles. The monoisotopic (exact) mass is 288 g/mol. The Bertz CT molecular complexity index is 954. The maximum absolute atomic E-state index is 7.51. The number of aryl methyl sites for hydroxylation is 1. The van der Waals surface area contributed by atoms with Crippen LogP contribution in [0.25, 0.3) is 22.4 Å². The normalized spacial score (nSPS) is 17.1. The number of fused-ring (bicyclic) bond motifs is 3. The molecule has 0 N–H and O–H groups in total. The summed E-state index contributed by atoms with van der Waals surface area (Å²) in [4.78, 5) is 4.45. The number of benzene rings is 2. The Labute approximate surface area is 135 Å². The molecule has 1 aliphatic rings. The summed E-state index contributed by atoms with van der Waals surface area (Å²) in [5.41, 5.74) is 7.11. The minimum Gasteiger partial charge on any atom is -0.256 e. The molecular weight excluding hydrogens is 266 g/mol. The van der Waals surface area contributed by atoms with Gasteiger partial charge in [0.05, 0.1) is 5.69 Å². The molecule has 0 atom stereocenters. The van der Waals surface area contributed by atoms with Crippen molar-refractivity contribution in [3.05, 3.63) is 77.5 Å². The fourth-order valence-electron chi connectivity index (χ4n) is 3.52. The van der Waals surface area contributed by atoms with Crippen molar-refractivity contribution >= 4 is 0 Å². The molecule has 3 aromatic rings. The molecule has 1 heterocycles. The zero-order chi connectivity index (χ0) is 17.8. The molecule has 0 fully saturated rings. The maximum atomic E-state index is 7.51. The minimum absolute atomic E-state index is 0.0550. The van der Waals surface area contributed by atoms with E-state index in [1.54, 1.807) is 6.07 Å². The highest BCUT2D eigenvalue weighted by Crippen LogP contribution is 2.51. The van der Waals surface area contributed by atoms with E-state index in [-0.39, 0.29) is 11.0 Å². The van der Waals surface area contributed by atoms with Gasteiger partial charge in [-0.25, -0.2) is 0 Å². The Kier molecular flexibility index (Phi) is 2.13. The Morgan fingerprint density at radius 2 is 1.64 bits per heavy atom. The second kappa shape index (κ2) is 4.54. The quantitative estimate of drug-likeness (QED) is 0.587. The molecule has 108 valence electrons. The minimum atomic E-state index is -2.13. The molecule has 2 aromatic carbocycles. The van der Waals surface area contributed by atoms with E-state index in [0.717, 1.165) is 11.3 Å². The van der Waals surface area contributed by atoms with Crippen LogP contribution in [0.3, 0.4) is 0 Å². The number of aromatic nitrogens is 1. The third-order valence-corrected chi connectivity index (χ3v) is 4.65. The molecule has 22 heavy (non-hydrogen) atoms. The Balaban J connectivity index is 1.92. The highest BCUT2D eigenvalue weighted by atomic mass is 14.7. The van der Waals surface area contributed by atoms with Gasteiger partial charge < -0.3 is 0 Å². The SMILES string of the molecule is [2H]C([2H])([2H])c1ccc(-c2cccc3c2-c2ccccc2C3(C)C)nc1. The first-order valence-electron chi connectivity index (χ1n) is 9.00. The molecule has 1 aliphatic carbocycles. The molecule has 0 saturated carbocycles. The van der Waals surface area contributed by atoms with Crippen molar-refractivity contribution in [3.8, 4) is 22.4 Å². The summed E-state index contributed by atoms with van der Waals surface area (Å²) in [5, 5.41) is 0. The van der Waals surface area contributed by atoms with Gasteiger partial charge in [0.2, 0.25) is 0 Å². The van der Waals surface area contributed by atoms with E-state index < -0.39 is 6.85 Å². The molecule has 1 heteroatoms. The number of pyridine rings is 1. The lowest BCUT2D eigenvalue weighted by molar-refractivity contribution is 0.660. The van der Waals surface area contributed by atoms with Gasteiger partial charge in [0.1, 0.15) is 0 Å². The molecule has 0 aliphatic heterocycles. The molecule has 0 amide bonds. The first-order valence-corrected chi connectivity index (χ1v) is 7.50. The van der Waals surface area contributed by atoms with Crippen LogP contribution < -0.4 is 0 Å². The van der Waals surface area contributed by atoms with Crippen LogP contribution in [-0.2, 0) is 5.41 Å². The van der Waals surface area contributed by atoms with E-state index in [1.165, 1.54) is 28.5 Å². The van der Waals surface area contributed by atoms with E-state index in [0.29, 0.717) is 0 Å². The lowest BCUT2D eigenvalue weighted by Gasteiger charge is -2.21. The van der Waals surface area contributed by atoms with Crippen molar-refractivity contribution in [2.45, 2.75) is 26.1 Å². The van der Waals surface area contributed by atoms with Gasteiger partial charge in [0.15, 0.2) is 0 Å². The van der Waals surface area contributed by atoms with Crippen molar-refractivity contribution in [1.82, 2.24) is 4.98 Å². The fourth-order valence-corrected chi connectivity index (χ4v) is 3.52. The van der Waals surface area contributed by atoms with Crippen LogP contribution in [-0.4, -0.2) is 4.98 Å². The highest BCUT2D eigenvalue weighted by molar-refractivity contribution is 5.91. The van der Waals surface area contributed by atoms with Crippen molar-refractivity contribution in [2.75, 3.05) is 0 Å². The second-order valence-electron chi connectivity index (χ2n) is 6.33. The van der Waals surface area contributed by atoms with E-state index in [9.17, 15) is 0 Å². The summed E-state index contributed by atoms with van der Waals surface area (Å²) in [6.45, 7) is 2.36. The zero-order valence-electron chi connectivity index (χ0n) is 15.7. The molecule has 0 spiro atoms. The summed E-state index contributed by atoms with van der Waals surface area (Å²) in [7, 11) is 0. The van der Waals surface area contributed by atoms with Crippen LogP contribution >= 0.6 is 0 Å². The van der Waals surface area contributed by atoms with Crippen LogP contribution in [0.15, 0.2) is 60.8 Å². The number of hydrogen-bond donors (Lipinski definition) is 0. The molecule has 0 radical (unpaired) electrons. The third kappa shape index (κ3) is 1.75. The summed E-state index contributed by atoms with van der Waals surface area (Å²) >= 11 is 0. The molecule has 0 bridgehead atoms. The molecule has 0 unspecified atom stereocenters. The van der Waals surface area contributed by atoms with Crippen LogP contribution in [0, 0.1) is 6.85 Å². The van der Waals surface area contributed by atoms with Crippen LogP contribution in [0.4, 0.5) is 0 Å². The predicted molar refractivity (Wildman–Crippen MR) is 92.0 cm³/mol. The molecule has 4 rings (SSSR count). The van der Waals surface area contributed by atoms with E-state index >= 15 is 0 Å². The number of rotatable bonds is 1. The van der Waals surface area contributed by atoms with Gasteiger partial charge in [-0.1, -0.05) is 62.4 Å². The zero-order valence-corrected chi connectivity index (χ0v) is 12.7. The van der Waals surface area contributed by atoms with E-state index in [4.69, 9.17) is 4.11 Å². The van der Waals surface area contributed by atoms with Crippen LogP contribution in [0.1, 0.15) is 34.7 Å². The van der Waals surface area contributed by atoms with Gasteiger partial charge >= 0.3 is 0 Å². The molecule has 1 nitrogen and oxygen atoms in total. The van der Waals surface area contributed by atoms with Crippen molar-refractivity contribution in [2.24, 2.45) is 0 Å². The van der Waals surface area contributed by atoms with Gasteiger partial charge in [-0.3, -0.25) is 4.98 Å². The van der Waals surface area contributed by atoms with E-state index in [1.807, 2.05) is 6.07 Å². The summed E-state index contributed by atoms with van der Waals surface area (Å²) < 4.78 is 22.5. The van der Waals surface area contributed by atoms with Gasteiger partial charge in [0, 0.05) is 21.3 Å². The second-order valence-corrected chi connectivity index (χ2v) is 6.33. The molecule has 1 aromatic heterocycles. The number of hydrogen-bond acceptors (Lipinski definition) is 1. The Morgan fingerprint density at radius 3 is 2.41 bits per heavy atom. The van der Waals surface area contributed by atoms with Crippen molar-refractivity contribution in [1.29, 1.82) is 0 Å². The lowest BCUT2D eigenvalue weighted by Crippen LogP contribution is -2.14. The Morgan fingerprint density at radius 1 is 0.864 bits per heavy atom. The van der Waals surface area contributed by atoms with Crippen molar-refractivity contribution < 1.29 is 4.11 Å². The van der Waals surface area contributed by atoms with Gasteiger partial charge in [-0.15, -0.1) is 0 Å². The average Bonchev–Trinajstić information content (AvgIpc) is 2.83. The maximum Gasteiger partial charge on any atom is 0.0708 e. The van der Waals surface area contributed by atoms with Crippen molar-refractivity contribution in [3.63, 3.8) is 0 Å². The first-order chi connectivity index (χ1) is 11.8. The summed E-state index contributed by atoms with van der Waals surface area (Å²) in [6.07, 6.45) is 1.47. The third-order valence-electron chi connectivity index (χ3n) is 4.65. The predicted octanol–water partition coefficient (Wildman–Crippen LogP) is 5.36. The lowest BCUT2D eigenvalue weighted by atomic mass is 9.82. The van der Waals surface area contributed by atoms with Gasteiger partial charge in [0.25, 0.3) is 0 Å².